The third-order valence-corrected chi connectivity index (χ3v) is 6.27. The van der Waals surface area contributed by atoms with E-state index in [2.05, 4.69) is 23.1 Å². The van der Waals surface area contributed by atoms with Crippen molar-refractivity contribution in [2.75, 3.05) is 20.1 Å². The average molecular weight is 373 g/mol. The molecule has 1 aliphatic heterocycles. The van der Waals surface area contributed by atoms with Crippen LogP contribution in [0.25, 0.3) is 0 Å². The SMILES string of the molecule is Cc1cnn(C(=O)N2C[C@H]3CC(N(C)Cc4ccccc4Cl)C[C@H]3C2)c1. The van der Waals surface area contributed by atoms with Crippen molar-refractivity contribution in [2.24, 2.45) is 11.8 Å². The Labute approximate surface area is 159 Å². The van der Waals surface area contributed by atoms with Gasteiger partial charge in [0.2, 0.25) is 0 Å². The molecule has 2 aliphatic rings. The maximum absolute atomic E-state index is 12.6. The van der Waals surface area contributed by atoms with E-state index in [-0.39, 0.29) is 6.03 Å². The zero-order valence-corrected chi connectivity index (χ0v) is 16.1. The van der Waals surface area contributed by atoms with Crippen LogP contribution in [0.1, 0.15) is 24.0 Å². The fraction of sp³-hybridized carbons (Fsp3) is 0.500. The van der Waals surface area contributed by atoms with Gasteiger partial charge in [-0.05, 0) is 55.8 Å². The van der Waals surface area contributed by atoms with Gasteiger partial charge in [-0.2, -0.15) is 9.78 Å². The lowest BCUT2D eigenvalue weighted by Crippen LogP contribution is -2.36. The first-order valence-electron chi connectivity index (χ1n) is 9.25. The Hall–Kier alpha value is -1.85. The first-order chi connectivity index (χ1) is 12.5. The number of likely N-dealkylation sites (tertiary alicyclic amines) is 1. The molecular weight excluding hydrogens is 348 g/mol. The van der Waals surface area contributed by atoms with E-state index < -0.39 is 0 Å². The number of hydrogen-bond acceptors (Lipinski definition) is 3. The molecule has 2 aromatic rings. The molecule has 1 amide bonds. The van der Waals surface area contributed by atoms with Crippen molar-refractivity contribution in [3.05, 3.63) is 52.8 Å². The molecule has 1 aromatic heterocycles. The van der Waals surface area contributed by atoms with Gasteiger partial charge in [-0.3, -0.25) is 4.90 Å². The Morgan fingerprint density at radius 1 is 1.27 bits per heavy atom. The summed E-state index contributed by atoms with van der Waals surface area (Å²) in [6.07, 6.45) is 5.83. The summed E-state index contributed by atoms with van der Waals surface area (Å²) in [5.74, 6) is 1.18. The van der Waals surface area contributed by atoms with Crippen LogP contribution in [0, 0.1) is 18.8 Å². The summed E-state index contributed by atoms with van der Waals surface area (Å²) < 4.78 is 1.47. The number of halogens is 1. The van der Waals surface area contributed by atoms with Crippen LogP contribution in [0.4, 0.5) is 4.79 Å². The first kappa shape index (κ1) is 17.6. The van der Waals surface area contributed by atoms with Crippen LogP contribution >= 0.6 is 11.6 Å². The van der Waals surface area contributed by atoms with Gasteiger partial charge in [0, 0.05) is 36.9 Å². The van der Waals surface area contributed by atoms with Gasteiger partial charge >= 0.3 is 6.03 Å². The smallest absolute Gasteiger partial charge is 0.322 e. The quantitative estimate of drug-likeness (QED) is 0.825. The highest BCUT2D eigenvalue weighted by atomic mass is 35.5. The lowest BCUT2D eigenvalue weighted by Gasteiger charge is -2.26. The maximum atomic E-state index is 12.6. The molecule has 5 nitrogen and oxygen atoms in total. The molecule has 1 saturated carbocycles. The number of aromatic nitrogens is 2. The standard InChI is InChI=1S/C20H25ClN4O/c1-14-9-22-25(10-14)20(26)24-12-16-7-18(8-17(16)13-24)23(2)11-15-5-3-4-6-19(15)21/h3-6,9-10,16-18H,7-8,11-13H2,1-2H3/t16-,17+,18?. The van der Waals surface area contributed by atoms with E-state index >= 15 is 0 Å². The highest BCUT2D eigenvalue weighted by Crippen LogP contribution is 2.40. The average Bonchev–Trinajstić information content (AvgIpc) is 3.30. The second kappa shape index (κ2) is 7.05. The van der Waals surface area contributed by atoms with Crippen LogP contribution in [0.15, 0.2) is 36.7 Å². The molecule has 1 unspecified atom stereocenters. The molecule has 3 atom stereocenters. The van der Waals surface area contributed by atoms with E-state index in [4.69, 9.17) is 11.6 Å². The minimum atomic E-state index is 0.00784. The number of fused-ring (bicyclic) bond motifs is 1. The number of benzene rings is 1. The van der Waals surface area contributed by atoms with E-state index in [1.54, 1.807) is 12.4 Å². The number of amides is 1. The summed E-state index contributed by atoms with van der Waals surface area (Å²) >= 11 is 6.31. The molecule has 138 valence electrons. The van der Waals surface area contributed by atoms with Crippen molar-refractivity contribution >= 4 is 17.6 Å². The van der Waals surface area contributed by atoms with Crippen molar-refractivity contribution < 1.29 is 4.79 Å². The number of carbonyl (C=O) groups excluding carboxylic acids is 1. The molecule has 0 spiro atoms. The molecule has 2 fully saturated rings. The highest BCUT2D eigenvalue weighted by molar-refractivity contribution is 6.31. The summed E-state index contributed by atoms with van der Waals surface area (Å²) in [6, 6.07) is 8.63. The summed E-state index contributed by atoms with van der Waals surface area (Å²) in [5, 5.41) is 4.99. The summed E-state index contributed by atoms with van der Waals surface area (Å²) in [4.78, 5) is 17.0. The molecule has 0 N–H and O–H groups in total. The zero-order valence-electron chi connectivity index (χ0n) is 15.3. The molecule has 1 aromatic carbocycles. The maximum Gasteiger partial charge on any atom is 0.344 e. The van der Waals surface area contributed by atoms with Crippen LogP contribution in [0.3, 0.4) is 0 Å². The molecule has 4 rings (SSSR count). The van der Waals surface area contributed by atoms with E-state index in [1.165, 1.54) is 10.2 Å². The number of rotatable bonds is 3. The highest BCUT2D eigenvalue weighted by Gasteiger charge is 2.43. The second-order valence-electron chi connectivity index (χ2n) is 7.80. The van der Waals surface area contributed by atoms with Crippen molar-refractivity contribution in [1.82, 2.24) is 19.6 Å². The van der Waals surface area contributed by atoms with Gasteiger partial charge in [-0.15, -0.1) is 0 Å². The van der Waals surface area contributed by atoms with E-state index in [9.17, 15) is 4.79 Å². The molecular formula is C20H25ClN4O. The third kappa shape index (κ3) is 3.38. The number of hydrogen-bond donors (Lipinski definition) is 0. The normalized spacial score (nSPS) is 25.1. The van der Waals surface area contributed by atoms with E-state index in [1.807, 2.05) is 30.0 Å². The minimum absolute atomic E-state index is 0.00784. The minimum Gasteiger partial charge on any atom is -0.322 e. The van der Waals surface area contributed by atoms with Crippen LogP contribution < -0.4 is 0 Å². The van der Waals surface area contributed by atoms with Crippen molar-refractivity contribution in [1.29, 1.82) is 0 Å². The molecule has 2 heterocycles. The van der Waals surface area contributed by atoms with Gasteiger partial charge in [0.25, 0.3) is 0 Å². The first-order valence-corrected chi connectivity index (χ1v) is 9.63. The molecule has 0 radical (unpaired) electrons. The fourth-order valence-corrected chi connectivity index (χ4v) is 4.67. The second-order valence-corrected chi connectivity index (χ2v) is 8.21. The Kier molecular flexibility index (Phi) is 4.76. The van der Waals surface area contributed by atoms with Crippen molar-refractivity contribution in [2.45, 2.75) is 32.4 Å². The predicted molar refractivity (Wildman–Crippen MR) is 102 cm³/mol. The summed E-state index contributed by atoms with van der Waals surface area (Å²) in [5.41, 5.74) is 2.19. The fourth-order valence-electron chi connectivity index (χ4n) is 4.47. The van der Waals surface area contributed by atoms with Crippen LogP contribution in [0.2, 0.25) is 5.02 Å². The monoisotopic (exact) mass is 372 g/mol. The van der Waals surface area contributed by atoms with E-state index in [0.717, 1.165) is 43.1 Å². The van der Waals surface area contributed by atoms with Gasteiger partial charge in [0.05, 0.1) is 6.20 Å². The molecule has 6 heteroatoms. The Balaban J connectivity index is 1.34. The number of nitrogens with zero attached hydrogens (tertiary/aromatic N) is 4. The number of aryl methyl sites for hydroxylation is 1. The van der Waals surface area contributed by atoms with Crippen molar-refractivity contribution in [3.8, 4) is 0 Å². The van der Waals surface area contributed by atoms with Crippen molar-refractivity contribution in [3.63, 3.8) is 0 Å². The lowest BCUT2D eigenvalue weighted by atomic mass is 10.0. The van der Waals surface area contributed by atoms with Gasteiger partial charge in [-0.25, -0.2) is 4.79 Å². The molecule has 1 aliphatic carbocycles. The summed E-state index contributed by atoms with van der Waals surface area (Å²) in [6.45, 7) is 4.52. The molecule has 0 bridgehead atoms. The third-order valence-electron chi connectivity index (χ3n) is 5.91. The molecule has 26 heavy (non-hydrogen) atoms. The van der Waals surface area contributed by atoms with Gasteiger partial charge in [0.1, 0.15) is 0 Å². The van der Waals surface area contributed by atoms with E-state index in [0.29, 0.717) is 17.9 Å². The van der Waals surface area contributed by atoms with Gasteiger partial charge in [-0.1, -0.05) is 29.8 Å². The van der Waals surface area contributed by atoms with Gasteiger partial charge < -0.3 is 4.90 Å². The number of carbonyl (C=O) groups is 1. The molecule has 1 saturated heterocycles. The van der Waals surface area contributed by atoms with Crippen LogP contribution in [-0.2, 0) is 6.54 Å². The Bertz CT molecular complexity index is 791. The predicted octanol–water partition coefficient (Wildman–Crippen LogP) is 3.66. The Morgan fingerprint density at radius 2 is 1.96 bits per heavy atom. The Morgan fingerprint density at radius 3 is 2.58 bits per heavy atom. The zero-order chi connectivity index (χ0) is 18.3. The lowest BCUT2D eigenvalue weighted by molar-refractivity contribution is 0.192. The largest absolute Gasteiger partial charge is 0.344 e. The topological polar surface area (TPSA) is 41.4 Å². The van der Waals surface area contributed by atoms with Gasteiger partial charge in [0.15, 0.2) is 0 Å². The summed E-state index contributed by atoms with van der Waals surface area (Å²) in [7, 11) is 2.19. The van der Waals surface area contributed by atoms with Crippen LogP contribution in [-0.4, -0.2) is 51.8 Å². The van der Waals surface area contributed by atoms with Crippen LogP contribution in [0.5, 0.6) is 0 Å².